The highest BCUT2D eigenvalue weighted by Crippen LogP contribution is 2.30. The Balaban J connectivity index is 0.000000164. The van der Waals surface area contributed by atoms with Gasteiger partial charge < -0.3 is 0 Å². The Labute approximate surface area is 541 Å². The van der Waals surface area contributed by atoms with Gasteiger partial charge in [-0.15, -0.1) is 0 Å². The first kappa shape index (κ1) is 39.8. The largest absolute Gasteiger partial charge is 0.256 e. The van der Waals surface area contributed by atoms with Crippen LogP contribution in [0.3, 0.4) is 0 Å². The van der Waals surface area contributed by atoms with Crippen LogP contribution in [0.1, 0.15) is 101 Å². The Morgan fingerprint density at radius 2 is 0.814 bits per heavy atom. The topological polar surface area (TPSA) is 33.5 Å². The molecular formula is C82H82N4+2. The van der Waals surface area contributed by atoms with Gasteiger partial charge in [-0.25, -0.2) is 9.13 Å². The van der Waals surface area contributed by atoms with Crippen molar-refractivity contribution in [2.75, 3.05) is 0 Å². The zero-order valence-electron chi connectivity index (χ0n) is 68.8. The Morgan fingerprint density at radius 1 is 0.395 bits per heavy atom. The molecule has 0 fully saturated rings. The molecule has 0 aliphatic carbocycles. The molecule has 4 heterocycles. The van der Waals surface area contributed by atoms with Crippen LogP contribution in [0.4, 0.5) is 0 Å². The zero-order chi connectivity index (χ0) is 77.2. The van der Waals surface area contributed by atoms with Gasteiger partial charge in [0.2, 0.25) is 11.4 Å². The first-order valence-corrected chi connectivity index (χ1v) is 28.3. The summed E-state index contributed by atoms with van der Waals surface area (Å²) < 4.78 is 156. The third kappa shape index (κ3) is 16.4. The minimum absolute atomic E-state index is 0.0615. The van der Waals surface area contributed by atoms with Crippen LogP contribution < -0.4 is 9.13 Å². The summed E-state index contributed by atoms with van der Waals surface area (Å²) in [7, 11) is 4.08. The summed E-state index contributed by atoms with van der Waals surface area (Å²) in [6.07, 6.45) is 7.23. The summed E-state index contributed by atoms with van der Waals surface area (Å²) in [6, 6.07) is 80.1. The van der Waals surface area contributed by atoms with E-state index in [0.29, 0.717) is 11.1 Å². The van der Waals surface area contributed by atoms with E-state index in [1.807, 2.05) is 166 Å². The van der Waals surface area contributed by atoms with Crippen molar-refractivity contribution in [1.29, 1.82) is 0 Å². The van der Waals surface area contributed by atoms with Crippen LogP contribution >= 0.6 is 0 Å². The van der Waals surface area contributed by atoms with Gasteiger partial charge in [-0.1, -0.05) is 234 Å². The van der Waals surface area contributed by atoms with E-state index in [1.54, 1.807) is 60.9 Å². The normalized spacial score (nSPS) is 15.3. The van der Waals surface area contributed by atoms with Crippen LogP contribution in [0.2, 0.25) is 0 Å². The van der Waals surface area contributed by atoms with Crippen LogP contribution in [0.5, 0.6) is 0 Å². The lowest BCUT2D eigenvalue weighted by molar-refractivity contribution is -0.660. The predicted octanol–water partition coefficient (Wildman–Crippen LogP) is 20.3. The van der Waals surface area contributed by atoms with E-state index in [2.05, 4.69) is 87.7 Å². The summed E-state index contributed by atoms with van der Waals surface area (Å²) in [5, 5.41) is 0. The minimum Gasteiger partial charge on any atom is -0.256 e. The number of aryl methyl sites for hydroxylation is 6. The molecule has 0 amide bonds. The molecule has 4 nitrogen and oxygen atoms in total. The molecule has 86 heavy (non-hydrogen) atoms. The highest BCUT2D eigenvalue weighted by Gasteiger charge is 2.16. The number of rotatable bonds is 12. The van der Waals surface area contributed by atoms with Crippen LogP contribution in [0.25, 0.3) is 89.5 Å². The van der Waals surface area contributed by atoms with E-state index in [-0.39, 0.29) is 18.4 Å². The molecule has 12 rings (SSSR count). The number of hydrogen-bond donors (Lipinski definition) is 0. The molecule has 0 radical (unpaired) electrons. The Kier molecular flexibility index (Phi) is 13.8. The lowest BCUT2D eigenvalue weighted by atomic mass is 9.98. The maximum Gasteiger partial charge on any atom is 0.213 e. The number of aromatic nitrogens is 4. The van der Waals surface area contributed by atoms with Crippen molar-refractivity contribution >= 4 is 0 Å². The van der Waals surface area contributed by atoms with E-state index < -0.39 is 52.9 Å². The van der Waals surface area contributed by atoms with Gasteiger partial charge in [0.15, 0.2) is 12.4 Å². The molecule has 0 aliphatic heterocycles. The molecule has 0 N–H and O–H groups in total. The molecule has 4 aromatic heterocycles. The van der Waals surface area contributed by atoms with Gasteiger partial charge in [-0.2, -0.15) is 0 Å². The average Bonchev–Trinajstić information content (AvgIpc) is 0.751. The summed E-state index contributed by atoms with van der Waals surface area (Å²) >= 11 is 0. The van der Waals surface area contributed by atoms with Gasteiger partial charge in [0.05, 0.1) is 11.4 Å². The molecule has 4 heteroatoms. The molecule has 0 spiro atoms. The van der Waals surface area contributed by atoms with Crippen molar-refractivity contribution in [3.05, 3.63) is 313 Å². The number of hydrogen-bond acceptors (Lipinski definition) is 2. The molecule has 428 valence electrons. The molecule has 12 aromatic rings. The molecule has 0 aliphatic rings. The van der Waals surface area contributed by atoms with Crippen molar-refractivity contribution in [2.24, 2.45) is 20.0 Å². The maximum absolute atomic E-state index is 8.25. The Bertz CT molecular complexity index is 4870. The van der Waals surface area contributed by atoms with Crippen molar-refractivity contribution in [2.45, 2.75) is 73.7 Å². The van der Waals surface area contributed by atoms with E-state index in [0.717, 1.165) is 84.0 Å². The molecule has 0 saturated carbocycles. The first-order valence-electron chi connectivity index (χ1n) is 38.3. The fourth-order valence-electron chi connectivity index (χ4n) is 9.83. The number of pyridine rings is 4. The van der Waals surface area contributed by atoms with Gasteiger partial charge in [-0.05, 0) is 154 Å². The highest BCUT2D eigenvalue weighted by atomic mass is 14.9. The molecule has 8 aromatic carbocycles. The van der Waals surface area contributed by atoms with E-state index in [4.69, 9.17) is 27.4 Å². The Morgan fingerprint density at radius 3 is 1.24 bits per heavy atom. The van der Waals surface area contributed by atoms with Crippen LogP contribution in [-0.4, -0.2) is 9.97 Å². The van der Waals surface area contributed by atoms with Crippen molar-refractivity contribution in [3.8, 4) is 89.5 Å². The fraction of sp³-hybridized carbons (Fsp3) is 0.171. The van der Waals surface area contributed by atoms with E-state index >= 15 is 0 Å². The Hall–Kier alpha value is -9.64. The quantitative estimate of drug-likeness (QED) is 0.114. The number of benzene rings is 8. The van der Waals surface area contributed by atoms with Gasteiger partial charge >= 0.3 is 0 Å². The van der Waals surface area contributed by atoms with Gasteiger partial charge in [0, 0.05) is 86.3 Å². The molecular weight excluding hydrogens is 1040 g/mol. The summed E-state index contributed by atoms with van der Waals surface area (Å²) in [6.45, 7) is -11.6. The summed E-state index contributed by atoms with van der Waals surface area (Å²) in [4.78, 5) is 8.78. The van der Waals surface area contributed by atoms with Gasteiger partial charge in [0.25, 0.3) is 0 Å². The van der Waals surface area contributed by atoms with Crippen molar-refractivity contribution < 1.29 is 36.5 Å². The SMILES string of the molecule is [2H]C([2H])([2H])C([2H])(Cc1ccc(-c2ccnc(-c3ccccc3)c2)cc1)C([2H])([2H])[2H].[2H]C([2H])([2H])C([2H])(c1ccc(-c2ccnc(-c3ccccc3)c2)cc1)C([2H])([2H])[2H].[2H]C([2H])([2H])Cc1ccc(-c2cc[n+](C)c(-c3ccccc3C)c2)cc1.[2H]C([2H])([2H])c1ccc(-c2cc[n+](C)c(-c3ccccc3C)c2)cc1. The number of nitrogens with zero attached hydrogens (tertiary/aromatic N) is 4. The molecule has 0 atom stereocenters. The van der Waals surface area contributed by atoms with Crippen molar-refractivity contribution in [3.63, 3.8) is 0 Å². The molecule has 0 unspecified atom stereocenters. The zero-order valence-corrected chi connectivity index (χ0v) is 48.8. The lowest BCUT2D eigenvalue weighted by Gasteiger charge is -2.08. The second kappa shape index (κ2) is 29.7. The molecule has 0 saturated heterocycles. The standard InChI is InChI=1S/C21H21N.C21H22N.C20H20N.C20H19N/c1-16(2)14-17-8-10-18(11-9-17)20-12-13-22-21(15-20)19-6-4-3-5-7-19;1-4-17-9-11-18(12-10-17)19-13-14-22(3)21(15-19)20-8-6-5-7-16(20)2;1-15-8-10-17(11-9-15)18-12-13-21(3)20(14-18)19-7-5-4-6-16(19)2;1-15(2)16-8-10-17(11-9-16)19-12-13-21-20(14-19)18-6-4-3-5-7-18/h3-13,15-16H,14H2,1-2H3;5-15H,4H2,1-3H3;4-14H,1-3H3;3-15H,1-2H3/q;2*+1;/i1D3,2D3,16D;2*1D3;1D3,2D3,15D. The van der Waals surface area contributed by atoms with Crippen LogP contribution in [0.15, 0.2) is 280 Å². The first-order chi connectivity index (χ1) is 49.7. The van der Waals surface area contributed by atoms with Gasteiger partial charge in [0.1, 0.15) is 14.1 Å². The fourth-order valence-corrected chi connectivity index (χ4v) is 9.83. The second-order valence-corrected chi connectivity index (χ2v) is 20.8. The van der Waals surface area contributed by atoms with Crippen LogP contribution in [-0.2, 0) is 26.9 Å². The summed E-state index contributed by atoms with van der Waals surface area (Å²) in [5.41, 5.74) is 20.2. The third-order valence-corrected chi connectivity index (χ3v) is 14.7. The third-order valence-electron chi connectivity index (χ3n) is 14.7. The van der Waals surface area contributed by atoms with E-state index in [9.17, 15) is 0 Å². The highest BCUT2D eigenvalue weighted by molar-refractivity contribution is 5.74. The van der Waals surface area contributed by atoms with Crippen LogP contribution in [0, 0.1) is 26.6 Å². The minimum atomic E-state index is -2.99. The lowest BCUT2D eigenvalue weighted by Crippen LogP contribution is -2.30. The maximum atomic E-state index is 8.25. The molecule has 0 bridgehead atoms. The smallest absolute Gasteiger partial charge is 0.213 e. The van der Waals surface area contributed by atoms with Gasteiger partial charge in [-0.3, -0.25) is 9.97 Å². The summed E-state index contributed by atoms with van der Waals surface area (Å²) in [5.74, 6) is -5.25. The van der Waals surface area contributed by atoms with Crippen molar-refractivity contribution in [1.82, 2.24) is 9.97 Å². The average molecular weight is 1140 g/mol. The monoisotopic (exact) mass is 1140 g/mol. The predicted molar refractivity (Wildman–Crippen MR) is 363 cm³/mol. The second-order valence-electron chi connectivity index (χ2n) is 20.8. The van der Waals surface area contributed by atoms with E-state index in [1.165, 1.54) is 34.4 Å².